The van der Waals surface area contributed by atoms with E-state index in [0.29, 0.717) is 35.3 Å². The van der Waals surface area contributed by atoms with Crippen molar-refractivity contribution in [1.82, 2.24) is 9.97 Å². The molecule has 0 saturated heterocycles. The number of H-pyrrole nitrogens is 1. The minimum absolute atomic E-state index is 0.223. The van der Waals surface area contributed by atoms with Crippen LogP contribution in [0.3, 0.4) is 0 Å². The number of nitrogens with zero attached hydrogens (tertiary/aromatic N) is 1. The molecule has 0 spiro atoms. The van der Waals surface area contributed by atoms with Crippen LogP contribution in [0, 0.1) is 11.8 Å². The molecule has 0 bridgehead atoms. The predicted octanol–water partition coefficient (Wildman–Crippen LogP) is 1.68. The van der Waals surface area contributed by atoms with Gasteiger partial charge in [0.25, 0.3) is 5.56 Å². The summed E-state index contributed by atoms with van der Waals surface area (Å²) < 4.78 is 6.01. The molecule has 5 nitrogen and oxygen atoms in total. The number of halogens is 1. The van der Waals surface area contributed by atoms with Crippen LogP contribution in [0.1, 0.15) is 25.7 Å². The van der Waals surface area contributed by atoms with E-state index >= 15 is 0 Å². The summed E-state index contributed by atoms with van der Waals surface area (Å²) >= 11 is 3.18. The van der Waals surface area contributed by atoms with Crippen LogP contribution in [0.4, 0.5) is 0 Å². The second-order valence-electron chi connectivity index (χ2n) is 4.70. The maximum atomic E-state index is 11.4. The van der Waals surface area contributed by atoms with Crippen LogP contribution in [0.5, 0.6) is 5.88 Å². The van der Waals surface area contributed by atoms with E-state index in [9.17, 15) is 4.79 Å². The Morgan fingerprint density at radius 1 is 1.44 bits per heavy atom. The van der Waals surface area contributed by atoms with Gasteiger partial charge in [-0.25, -0.2) is 4.98 Å². The van der Waals surface area contributed by atoms with Gasteiger partial charge in [0, 0.05) is 0 Å². The van der Waals surface area contributed by atoms with Crippen LogP contribution in [0.15, 0.2) is 15.6 Å². The largest absolute Gasteiger partial charge is 0.476 e. The topological polar surface area (TPSA) is 81.0 Å². The molecule has 6 heteroatoms. The van der Waals surface area contributed by atoms with Crippen LogP contribution in [0.25, 0.3) is 0 Å². The Morgan fingerprint density at radius 3 is 2.89 bits per heavy atom. The molecular formula is C12H18BrN3O2. The number of nitrogens with two attached hydrogens (primary N) is 1. The lowest BCUT2D eigenvalue weighted by atomic mass is 9.80. The number of nitrogens with one attached hydrogen (secondary N) is 1. The van der Waals surface area contributed by atoms with Crippen molar-refractivity contribution < 1.29 is 4.74 Å². The highest BCUT2D eigenvalue weighted by atomic mass is 79.9. The fourth-order valence-electron chi connectivity index (χ4n) is 2.47. The molecular weight excluding hydrogens is 298 g/mol. The number of ether oxygens (including phenoxy) is 1. The molecule has 2 atom stereocenters. The fraction of sp³-hybridized carbons (Fsp3) is 0.667. The zero-order valence-electron chi connectivity index (χ0n) is 10.2. The highest BCUT2D eigenvalue weighted by Crippen LogP contribution is 2.30. The van der Waals surface area contributed by atoms with Gasteiger partial charge in [-0.15, -0.1) is 0 Å². The fourth-order valence-corrected chi connectivity index (χ4v) is 2.80. The molecule has 1 fully saturated rings. The quantitative estimate of drug-likeness (QED) is 0.885. The van der Waals surface area contributed by atoms with Gasteiger partial charge < -0.3 is 15.5 Å². The Hall–Kier alpha value is -0.880. The molecule has 0 aromatic carbocycles. The number of hydrogen-bond acceptors (Lipinski definition) is 4. The molecule has 1 aromatic rings. The van der Waals surface area contributed by atoms with Crippen LogP contribution in [0.2, 0.25) is 0 Å². The standard InChI is InChI=1S/C12H18BrN3O2/c13-10-11(17)15-7-16-12(10)18-6-9-4-2-1-3-8(9)5-14/h7-9H,1-6,14H2,(H,15,16,17). The number of hydrogen-bond donors (Lipinski definition) is 2. The normalized spacial score (nSPS) is 23.9. The third-order valence-electron chi connectivity index (χ3n) is 3.57. The molecule has 2 rings (SSSR count). The Kier molecular flexibility index (Phi) is 4.77. The molecule has 0 radical (unpaired) electrons. The van der Waals surface area contributed by atoms with E-state index in [4.69, 9.17) is 10.5 Å². The zero-order valence-corrected chi connectivity index (χ0v) is 11.8. The van der Waals surface area contributed by atoms with Crippen molar-refractivity contribution in [2.45, 2.75) is 25.7 Å². The maximum absolute atomic E-state index is 11.4. The Bertz CT molecular complexity index is 449. The lowest BCUT2D eigenvalue weighted by Gasteiger charge is -2.30. The monoisotopic (exact) mass is 315 g/mol. The summed E-state index contributed by atoms with van der Waals surface area (Å²) in [6, 6.07) is 0. The second-order valence-corrected chi connectivity index (χ2v) is 5.50. The third-order valence-corrected chi connectivity index (χ3v) is 4.27. The third kappa shape index (κ3) is 3.11. The molecule has 1 aromatic heterocycles. The van der Waals surface area contributed by atoms with Crippen molar-refractivity contribution >= 4 is 15.9 Å². The molecule has 3 N–H and O–H groups in total. The molecule has 2 unspecified atom stereocenters. The number of rotatable bonds is 4. The Balaban J connectivity index is 1.98. The van der Waals surface area contributed by atoms with E-state index in [2.05, 4.69) is 25.9 Å². The lowest BCUT2D eigenvalue weighted by molar-refractivity contribution is 0.148. The van der Waals surface area contributed by atoms with Gasteiger partial charge in [-0.05, 0) is 47.2 Å². The number of aromatic nitrogens is 2. The first-order valence-electron chi connectivity index (χ1n) is 6.28. The summed E-state index contributed by atoms with van der Waals surface area (Å²) in [5, 5.41) is 0. The van der Waals surface area contributed by atoms with Gasteiger partial charge in [-0.1, -0.05) is 12.8 Å². The first-order chi connectivity index (χ1) is 8.72. The van der Waals surface area contributed by atoms with E-state index in [-0.39, 0.29) is 5.56 Å². The summed E-state index contributed by atoms with van der Waals surface area (Å²) in [5.41, 5.74) is 5.56. The number of aromatic amines is 1. The van der Waals surface area contributed by atoms with Gasteiger partial charge in [0.1, 0.15) is 4.47 Å². The van der Waals surface area contributed by atoms with Crippen molar-refractivity contribution in [3.05, 3.63) is 21.2 Å². The van der Waals surface area contributed by atoms with Gasteiger partial charge in [-0.3, -0.25) is 4.79 Å². The minimum atomic E-state index is -0.223. The predicted molar refractivity (Wildman–Crippen MR) is 72.6 cm³/mol. The first kappa shape index (κ1) is 13.5. The minimum Gasteiger partial charge on any atom is -0.476 e. The van der Waals surface area contributed by atoms with Gasteiger partial charge >= 0.3 is 0 Å². The second kappa shape index (κ2) is 6.33. The molecule has 1 heterocycles. The van der Waals surface area contributed by atoms with Crippen molar-refractivity contribution in [1.29, 1.82) is 0 Å². The Morgan fingerprint density at radius 2 is 2.17 bits per heavy atom. The van der Waals surface area contributed by atoms with Crippen molar-refractivity contribution in [3.8, 4) is 5.88 Å². The molecule has 18 heavy (non-hydrogen) atoms. The van der Waals surface area contributed by atoms with Crippen molar-refractivity contribution in [2.75, 3.05) is 13.2 Å². The van der Waals surface area contributed by atoms with Crippen LogP contribution < -0.4 is 16.0 Å². The van der Waals surface area contributed by atoms with Gasteiger partial charge in [-0.2, -0.15) is 0 Å². The summed E-state index contributed by atoms with van der Waals surface area (Å²) in [6.07, 6.45) is 6.15. The average molecular weight is 316 g/mol. The smallest absolute Gasteiger partial charge is 0.268 e. The summed E-state index contributed by atoms with van der Waals surface area (Å²) in [7, 11) is 0. The highest BCUT2D eigenvalue weighted by Gasteiger charge is 2.25. The van der Waals surface area contributed by atoms with Crippen LogP contribution in [-0.2, 0) is 0 Å². The van der Waals surface area contributed by atoms with E-state index < -0.39 is 0 Å². The molecule has 0 aliphatic heterocycles. The SMILES string of the molecule is NCC1CCCCC1COc1nc[nH]c(=O)c1Br. The summed E-state index contributed by atoms with van der Waals surface area (Å²) in [4.78, 5) is 17.9. The van der Waals surface area contributed by atoms with E-state index in [1.54, 1.807) is 0 Å². The highest BCUT2D eigenvalue weighted by molar-refractivity contribution is 9.10. The first-order valence-corrected chi connectivity index (χ1v) is 7.07. The summed E-state index contributed by atoms with van der Waals surface area (Å²) in [6.45, 7) is 1.29. The van der Waals surface area contributed by atoms with E-state index in [1.165, 1.54) is 25.6 Å². The Labute approximate surface area is 114 Å². The molecule has 1 aliphatic rings. The molecule has 1 aliphatic carbocycles. The molecule has 1 saturated carbocycles. The van der Waals surface area contributed by atoms with E-state index in [1.807, 2.05) is 0 Å². The maximum Gasteiger partial charge on any atom is 0.268 e. The van der Waals surface area contributed by atoms with E-state index in [0.717, 1.165) is 6.42 Å². The average Bonchev–Trinajstić information content (AvgIpc) is 2.41. The zero-order chi connectivity index (χ0) is 13.0. The van der Waals surface area contributed by atoms with Gasteiger partial charge in [0.05, 0.1) is 12.9 Å². The van der Waals surface area contributed by atoms with Crippen LogP contribution in [-0.4, -0.2) is 23.1 Å². The van der Waals surface area contributed by atoms with Gasteiger partial charge in [0.15, 0.2) is 0 Å². The van der Waals surface area contributed by atoms with Gasteiger partial charge in [0.2, 0.25) is 5.88 Å². The molecule has 0 amide bonds. The molecule has 100 valence electrons. The van der Waals surface area contributed by atoms with Crippen molar-refractivity contribution in [2.24, 2.45) is 17.6 Å². The summed E-state index contributed by atoms with van der Waals surface area (Å²) in [5.74, 6) is 1.36. The lowest BCUT2D eigenvalue weighted by Crippen LogP contribution is -2.31. The van der Waals surface area contributed by atoms with Crippen LogP contribution >= 0.6 is 15.9 Å². The van der Waals surface area contributed by atoms with Crippen molar-refractivity contribution in [3.63, 3.8) is 0 Å².